The molecule has 0 unspecified atom stereocenters. The maximum atomic E-state index is 13.8. The van der Waals surface area contributed by atoms with Gasteiger partial charge in [0.15, 0.2) is 11.6 Å². The summed E-state index contributed by atoms with van der Waals surface area (Å²) >= 11 is 0. The molecule has 0 N–H and O–H groups in total. The van der Waals surface area contributed by atoms with Crippen LogP contribution in [-0.2, 0) is 4.74 Å². The average molecular weight is 354 g/mol. The molecule has 0 fully saturated rings. The first-order chi connectivity index (χ1) is 11.7. The van der Waals surface area contributed by atoms with Crippen molar-refractivity contribution in [2.45, 2.75) is 80.4 Å². The Bertz CT molecular complexity index is 908. The van der Waals surface area contributed by atoms with Crippen LogP contribution in [0.15, 0.2) is 11.1 Å². The number of hydrogen-bond donors (Lipinski definition) is 0. The zero-order valence-corrected chi connectivity index (χ0v) is 17.7. The molecule has 0 bridgehead atoms. The third-order valence-corrected chi connectivity index (χ3v) is 7.09. The SMILES string of the molecule is Cc1c(C)c(C)c2c(c1C)C(=O)C1=C(C2=O)C(C)(C)C(C)(C)OC1(C)C. The van der Waals surface area contributed by atoms with Crippen LogP contribution in [0, 0.1) is 33.1 Å². The number of fused-ring (bicyclic) bond motifs is 1. The van der Waals surface area contributed by atoms with Gasteiger partial charge in [0.25, 0.3) is 0 Å². The highest BCUT2D eigenvalue weighted by atomic mass is 16.5. The van der Waals surface area contributed by atoms with Crippen LogP contribution in [0.4, 0.5) is 0 Å². The molecule has 1 heterocycles. The second kappa shape index (κ2) is 5.16. The van der Waals surface area contributed by atoms with E-state index in [0.717, 1.165) is 22.3 Å². The van der Waals surface area contributed by atoms with E-state index in [9.17, 15) is 9.59 Å². The van der Waals surface area contributed by atoms with E-state index in [-0.39, 0.29) is 11.6 Å². The van der Waals surface area contributed by atoms with Crippen molar-refractivity contribution in [3.8, 4) is 0 Å². The van der Waals surface area contributed by atoms with Gasteiger partial charge in [-0.05, 0) is 77.6 Å². The van der Waals surface area contributed by atoms with Gasteiger partial charge >= 0.3 is 0 Å². The fourth-order valence-electron chi connectivity index (χ4n) is 4.65. The molecule has 0 amide bonds. The summed E-state index contributed by atoms with van der Waals surface area (Å²) in [5.41, 5.74) is 4.39. The Hall–Kier alpha value is -1.74. The number of benzene rings is 1. The summed E-state index contributed by atoms with van der Waals surface area (Å²) < 4.78 is 6.37. The number of carbonyl (C=O) groups excluding carboxylic acids is 2. The predicted octanol–water partition coefficient (Wildman–Crippen LogP) is 5.21. The first-order valence-corrected chi connectivity index (χ1v) is 9.32. The van der Waals surface area contributed by atoms with Crippen LogP contribution in [0.5, 0.6) is 0 Å². The molecule has 3 heteroatoms. The molecular weight excluding hydrogens is 324 g/mol. The largest absolute Gasteiger partial charge is 0.364 e. The third kappa shape index (κ3) is 2.10. The molecule has 1 aliphatic heterocycles. The number of ketones is 2. The molecule has 3 rings (SSSR count). The molecular formula is C23H30O3. The van der Waals surface area contributed by atoms with E-state index >= 15 is 0 Å². The molecule has 0 spiro atoms. The summed E-state index contributed by atoms with van der Waals surface area (Å²) in [7, 11) is 0. The molecule has 1 aromatic carbocycles. The Morgan fingerprint density at radius 1 is 0.615 bits per heavy atom. The lowest BCUT2D eigenvalue weighted by atomic mass is 9.59. The molecule has 3 nitrogen and oxygen atoms in total. The van der Waals surface area contributed by atoms with E-state index in [4.69, 9.17) is 4.74 Å². The van der Waals surface area contributed by atoms with Gasteiger partial charge in [0, 0.05) is 27.7 Å². The van der Waals surface area contributed by atoms with E-state index in [1.54, 1.807) is 0 Å². The van der Waals surface area contributed by atoms with Crippen molar-refractivity contribution >= 4 is 11.6 Å². The smallest absolute Gasteiger partial charge is 0.193 e. The summed E-state index contributed by atoms with van der Waals surface area (Å²) in [5.74, 6) is -0.0559. The summed E-state index contributed by atoms with van der Waals surface area (Å²) in [6.45, 7) is 19.8. The van der Waals surface area contributed by atoms with Crippen molar-refractivity contribution in [3.05, 3.63) is 44.5 Å². The first kappa shape index (κ1) is 19.0. The third-order valence-electron chi connectivity index (χ3n) is 7.09. The summed E-state index contributed by atoms with van der Waals surface area (Å²) in [6.07, 6.45) is 0. The Kier molecular flexibility index (Phi) is 3.78. The van der Waals surface area contributed by atoms with Gasteiger partial charge in [-0.15, -0.1) is 0 Å². The van der Waals surface area contributed by atoms with Crippen molar-refractivity contribution in [3.63, 3.8) is 0 Å². The molecule has 1 aromatic rings. The van der Waals surface area contributed by atoms with Gasteiger partial charge < -0.3 is 4.74 Å². The minimum atomic E-state index is -0.808. The number of carbonyl (C=O) groups is 2. The van der Waals surface area contributed by atoms with Crippen LogP contribution in [0.1, 0.15) is 84.5 Å². The standard InChI is InChI=1S/C23H30O3/c1-11-12(2)14(4)16-15(13(11)3)19(24)17-18(20(16)25)22(7,8)26-23(9,10)21(17,5)6/h1-10H3. The fraction of sp³-hybridized carbons (Fsp3) is 0.565. The van der Waals surface area contributed by atoms with Crippen LogP contribution < -0.4 is 0 Å². The van der Waals surface area contributed by atoms with Crippen molar-refractivity contribution in [2.75, 3.05) is 0 Å². The summed E-state index contributed by atoms with van der Waals surface area (Å²) in [6, 6.07) is 0. The Balaban J connectivity index is 2.48. The molecule has 0 radical (unpaired) electrons. The lowest BCUT2D eigenvalue weighted by Gasteiger charge is -2.54. The molecule has 1 aliphatic carbocycles. The second-order valence-electron chi connectivity index (χ2n) is 9.41. The van der Waals surface area contributed by atoms with Crippen molar-refractivity contribution < 1.29 is 14.3 Å². The second-order valence-corrected chi connectivity index (χ2v) is 9.41. The molecule has 0 saturated carbocycles. The van der Waals surface area contributed by atoms with E-state index in [0.29, 0.717) is 22.3 Å². The zero-order chi connectivity index (χ0) is 20.0. The lowest BCUT2D eigenvalue weighted by Crippen LogP contribution is -2.57. The van der Waals surface area contributed by atoms with Crippen LogP contribution in [-0.4, -0.2) is 22.8 Å². The van der Waals surface area contributed by atoms with E-state index in [1.807, 2.05) is 69.2 Å². The predicted molar refractivity (Wildman–Crippen MR) is 104 cm³/mol. The van der Waals surface area contributed by atoms with Crippen molar-refractivity contribution in [2.24, 2.45) is 5.41 Å². The minimum Gasteiger partial charge on any atom is -0.364 e. The number of Topliss-reactive ketones (excluding diaryl/α,β-unsaturated/α-hetero) is 2. The Morgan fingerprint density at radius 2 is 1.00 bits per heavy atom. The summed E-state index contributed by atoms with van der Waals surface area (Å²) in [4.78, 5) is 27.4. The molecule has 2 aliphatic rings. The molecule has 0 saturated heterocycles. The van der Waals surface area contributed by atoms with E-state index < -0.39 is 16.6 Å². The van der Waals surface area contributed by atoms with Gasteiger partial charge in [-0.25, -0.2) is 0 Å². The van der Waals surface area contributed by atoms with E-state index in [1.165, 1.54) is 0 Å². The van der Waals surface area contributed by atoms with Crippen LogP contribution in [0.2, 0.25) is 0 Å². The average Bonchev–Trinajstić information content (AvgIpc) is 2.49. The summed E-state index contributed by atoms with van der Waals surface area (Å²) in [5, 5.41) is 0. The van der Waals surface area contributed by atoms with Gasteiger partial charge in [-0.3, -0.25) is 9.59 Å². The number of rotatable bonds is 0. The number of hydrogen-bond acceptors (Lipinski definition) is 3. The van der Waals surface area contributed by atoms with Gasteiger partial charge in [0.2, 0.25) is 0 Å². The Labute approximate surface area is 156 Å². The normalized spacial score (nSPS) is 23.0. The molecule has 26 heavy (non-hydrogen) atoms. The maximum Gasteiger partial charge on any atom is 0.193 e. The van der Waals surface area contributed by atoms with Crippen molar-refractivity contribution in [1.82, 2.24) is 0 Å². The monoisotopic (exact) mass is 354 g/mol. The fourth-order valence-corrected chi connectivity index (χ4v) is 4.65. The van der Waals surface area contributed by atoms with E-state index in [2.05, 4.69) is 0 Å². The van der Waals surface area contributed by atoms with Gasteiger partial charge in [-0.2, -0.15) is 0 Å². The maximum absolute atomic E-state index is 13.8. The van der Waals surface area contributed by atoms with Crippen LogP contribution in [0.25, 0.3) is 0 Å². The van der Waals surface area contributed by atoms with Crippen LogP contribution in [0.3, 0.4) is 0 Å². The quantitative estimate of drug-likeness (QED) is 0.642. The minimum absolute atomic E-state index is 0.00671. The number of ether oxygens (including phenoxy) is 1. The highest BCUT2D eigenvalue weighted by Crippen LogP contribution is 2.54. The molecule has 0 aromatic heterocycles. The first-order valence-electron chi connectivity index (χ1n) is 9.32. The zero-order valence-electron chi connectivity index (χ0n) is 17.7. The highest BCUT2D eigenvalue weighted by molar-refractivity contribution is 6.29. The molecule has 140 valence electrons. The van der Waals surface area contributed by atoms with Gasteiger partial charge in [-0.1, -0.05) is 13.8 Å². The topological polar surface area (TPSA) is 43.4 Å². The lowest BCUT2D eigenvalue weighted by molar-refractivity contribution is -0.161. The van der Waals surface area contributed by atoms with Crippen LogP contribution >= 0.6 is 0 Å². The van der Waals surface area contributed by atoms with Gasteiger partial charge in [0.05, 0.1) is 11.2 Å². The molecule has 0 atom stereocenters. The Morgan fingerprint density at radius 3 is 1.42 bits per heavy atom. The highest BCUT2D eigenvalue weighted by Gasteiger charge is 2.57. The van der Waals surface area contributed by atoms with Gasteiger partial charge in [0.1, 0.15) is 0 Å². The van der Waals surface area contributed by atoms with Crippen molar-refractivity contribution in [1.29, 1.82) is 0 Å².